The summed E-state index contributed by atoms with van der Waals surface area (Å²) in [6.45, 7) is 4.50. The first-order valence-electron chi connectivity index (χ1n) is 9.46. The van der Waals surface area contributed by atoms with Gasteiger partial charge in [0.1, 0.15) is 5.60 Å². The summed E-state index contributed by atoms with van der Waals surface area (Å²) in [4.78, 5) is 14.0. The third kappa shape index (κ3) is 5.43. The zero-order valence-electron chi connectivity index (χ0n) is 16.0. The lowest BCUT2D eigenvalue weighted by atomic mass is 9.78. The molecule has 1 amide bonds. The molecule has 1 saturated heterocycles. The maximum Gasteiger partial charge on any atom is 0.229 e. The number of nitrogens with zero attached hydrogens (tertiary/aromatic N) is 1. The minimum Gasteiger partial charge on any atom is -0.370 e. The molecular weight excluding hydrogens is 366 g/mol. The summed E-state index contributed by atoms with van der Waals surface area (Å²) in [6.07, 6.45) is 5.26. The molecule has 2 atom stereocenters. The summed E-state index contributed by atoms with van der Waals surface area (Å²) in [5.41, 5.74) is 1.30. The van der Waals surface area contributed by atoms with Crippen molar-refractivity contribution < 1.29 is 17.9 Å². The molecule has 0 bridgehead atoms. The second-order valence-corrected chi connectivity index (χ2v) is 9.45. The summed E-state index contributed by atoms with van der Waals surface area (Å²) in [6, 6.07) is 7.53. The van der Waals surface area contributed by atoms with Gasteiger partial charge in [-0.3, -0.25) is 14.4 Å². The zero-order valence-corrected chi connectivity index (χ0v) is 16.8. The second kappa shape index (κ2) is 8.16. The van der Waals surface area contributed by atoms with Crippen LogP contribution in [-0.4, -0.2) is 56.8 Å². The molecule has 1 aromatic rings. The van der Waals surface area contributed by atoms with Crippen LogP contribution in [0.15, 0.2) is 24.3 Å². The van der Waals surface area contributed by atoms with Crippen LogP contribution in [0.4, 0.5) is 5.69 Å². The number of ether oxygens (including phenoxy) is 1. The van der Waals surface area contributed by atoms with Crippen molar-refractivity contribution in [2.24, 2.45) is 0 Å². The van der Waals surface area contributed by atoms with Gasteiger partial charge in [-0.15, -0.1) is 0 Å². The largest absolute Gasteiger partial charge is 0.370 e. The predicted octanol–water partition coefficient (Wildman–Crippen LogP) is 1.71. The van der Waals surface area contributed by atoms with Crippen LogP contribution in [0.25, 0.3) is 0 Å². The average molecular weight is 396 g/mol. The van der Waals surface area contributed by atoms with E-state index in [0.29, 0.717) is 12.3 Å². The van der Waals surface area contributed by atoms with Crippen molar-refractivity contribution in [1.29, 1.82) is 0 Å². The van der Waals surface area contributed by atoms with E-state index < -0.39 is 10.0 Å². The third-order valence-corrected chi connectivity index (χ3v) is 5.89. The predicted molar refractivity (Wildman–Crippen MR) is 105 cm³/mol. The monoisotopic (exact) mass is 395 g/mol. The molecule has 1 heterocycles. The zero-order chi connectivity index (χ0) is 19.5. The maximum absolute atomic E-state index is 11.6. The van der Waals surface area contributed by atoms with Crippen LogP contribution in [-0.2, 0) is 26.1 Å². The molecule has 8 heteroatoms. The minimum atomic E-state index is -3.29. The van der Waals surface area contributed by atoms with Gasteiger partial charge in [-0.25, -0.2) is 8.42 Å². The SMILES string of the molecule is CC(=O)N[C@H]1CCCC[C@@]12CN(Cc1cccc(NS(C)(=O)=O)c1)CCO2. The van der Waals surface area contributed by atoms with E-state index in [4.69, 9.17) is 4.74 Å². The molecule has 2 N–H and O–H groups in total. The van der Waals surface area contributed by atoms with Gasteiger partial charge >= 0.3 is 0 Å². The Labute approximate surface area is 161 Å². The first kappa shape index (κ1) is 20.1. The molecule has 150 valence electrons. The Morgan fingerprint density at radius 3 is 2.93 bits per heavy atom. The van der Waals surface area contributed by atoms with Gasteiger partial charge in [-0.1, -0.05) is 25.0 Å². The van der Waals surface area contributed by atoms with Crippen LogP contribution < -0.4 is 10.0 Å². The number of morpholine rings is 1. The molecule has 0 unspecified atom stereocenters. The van der Waals surface area contributed by atoms with Crippen LogP contribution >= 0.6 is 0 Å². The van der Waals surface area contributed by atoms with E-state index in [2.05, 4.69) is 14.9 Å². The van der Waals surface area contributed by atoms with Crippen molar-refractivity contribution >= 4 is 21.6 Å². The Morgan fingerprint density at radius 2 is 2.19 bits per heavy atom. The highest BCUT2D eigenvalue weighted by Gasteiger charge is 2.45. The van der Waals surface area contributed by atoms with E-state index in [0.717, 1.165) is 57.1 Å². The summed E-state index contributed by atoms with van der Waals surface area (Å²) in [5.74, 6) is -0.0125. The van der Waals surface area contributed by atoms with E-state index in [1.807, 2.05) is 18.2 Å². The second-order valence-electron chi connectivity index (χ2n) is 7.70. The van der Waals surface area contributed by atoms with E-state index in [-0.39, 0.29) is 17.6 Å². The number of carbonyl (C=O) groups excluding carboxylic acids is 1. The molecule has 1 saturated carbocycles. The minimum absolute atomic E-state index is 0.0125. The van der Waals surface area contributed by atoms with Gasteiger partial charge in [0.15, 0.2) is 0 Å². The normalized spacial score (nSPS) is 26.7. The number of amides is 1. The van der Waals surface area contributed by atoms with Crippen molar-refractivity contribution in [3.8, 4) is 0 Å². The molecule has 2 fully saturated rings. The number of sulfonamides is 1. The van der Waals surface area contributed by atoms with Crippen molar-refractivity contribution in [2.75, 3.05) is 30.7 Å². The summed E-state index contributed by atoms with van der Waals surface area (Å²) in [7, 11) is -3.29. The Morgan fingerprint density at radius 1 is 1.37 bits per heavy atom. The van der Waals surface area contributed by atoms with Crippen molar-refractivity contribution in [1.82, 2.24) is 10.2 Å². The van der Waals surface area contributed by atoms with Gasteiger partial charge in [0.2, 0.25) is 15.9 Å². The first-order chi connectivity index (χ1) is 12.8. The fraction of sp³-hybridized carbons (Fsp3) is 0.632. The lowest BCUT2D eigenvalue weighted by molar-refractivity contribution is -0.150. The molecule has 2 aliphatic rings. The Balaban J connectivity index is 1.71. The number of carbonyl (C=O) groups is 1. The fourth-order valence-electron chi connectivity index (χ4n) is 4.24. The van der Waals surface area contributed by atoms with Gasteiger partial charge in [0, 0.05) is 32.2 Å². The summed E-state index contributed by atoms with van der Waals surface area (Å²) < 4.78 is 31.7. The number of rotatable bonds is 5. The van der Waals surface area contributed by atoms with Gasteiger partial charge < -0.3 is 10.1 Å². The van der Waals surface area contributed by atoms with Gasteiger partial charge in [0.25, 0.3) is 0 Å². The highest BCUT2D eigenvalue weighted by Crippen LogP contribution is 2.35. The van der Waals surface area contributed by atoms with Gasteiger partial charge in [0.05, 0.1) is 18.9 Å². The smallest absolute Gasteiger partial charge is 0.229 e. The summed E-state index contributed by atoms with van der Waals surface area (Å²) in [5, 5.41) is 3.09. The molecule has 1 aliphatic heterocycles. The number of nitrogens with one attached hydrogen (secondary N) is 2. The van der Waals surface area contributed by atoms with E-state index >= 15 is 0 Å². The highest BCUT2D eigenvalue weighted by atomic mass is 32.2. The molecule has 7 nitrogen and oxygen atoms in total. The molecular formula is C19H29N3O4S. The first-order valence-corrected chi connectivity index (χ1v) is 11.4. The van der Waals surface area contributed by atoms with Crippen molar-refractivity contribution in [3.05, 3.63) is 29.8 Å². The van der Waals surface area contributed by atoms with E-state index in [1.54, 1.807) is 13.0 Å². The van der Waals surface area contributed by atoms with Crippen LogP contribution in [0.5, 0.6) is 0 Å². The average Bonchev–Trinajstić information content (AvgIpc) is 2.56. The number of benzene rings is 1. The lowest BCUT2D eigenvalue weighted by Crippen LogP contribution is -2.63. The number of anilines is 1. The maximum atomic E-state index is 11.6. The van der Waals surface area contributed by atoms with Crippen molar-refractivity contribution in [2.45, 2.75) is 50.8 Å². The standard InChI is InChI=1S/C19H29N3O4S/c1-15(23)20-18-8-3-4-9-19(18)14-22(10-11-26-19)13-16-6-5-7-17(12-16)21-27(2,24)25/h5-7,12,18,21H,3-4,8-11,13-14H2,1-2H3,(H,20,23)/t18-,19+/m0/s1. The van der Waals surface area contributed by atoms with E-state index in [1.165, 1.54) is 0 Å². The Bertz CT molecular complexity index is 779. The van der Waals surface area contributed by atoms with Gasteiger partial charge in [-0.2, -0.15) is 0 Å². The van der Waals surface area contributed by atoms with Crippen LogP contribution in [0.1, 0.15) is 38.2 Å². The van der Waals surface area contributed by atoms with Crippen LogP contribution in [0, 0.1) is 0 Å². The Hall–Kier alpha value is -1.64. The molecule has 1 aromatic carbocycles. The molecule has 3 rings (SSSR count). The Kier molecular flexibility index (Phi) is 6.08. The molecule has 1 spiro atoms. The topological polar surface area (TPSA) is 87.7 Å². The summed E-state index contributed by atoms with van der Waals surface area (Å²) >= 11 is 0. The van der Waals surface area contributed by atoms with Crippen molar-refractivity contribution in [3.63, 3.8) is 0 Å². The van der Waals surface area contributed by atoms with Crippen LogP contribution in [0.3, 0.4) is 0 Å². The molecule has 1 aliphatic carbocycles. The lowest BCUT2D eigenvalue weighted by Gasteiger charge is -2.49. The van der Waals surface area contributed by atoms with E-state index in [9.17, 15) is 13.2 Å². The quantitative estimate of drug-likeness (QED) is 0.792. The molecule has 0 aromatic heterocycles. The number of hydrogen-bond acceptors (Lipinski definition) is 5. The highest BCUT2D eigenvalue weighted by molar-refractivity contribution is 7.92. The fourth-order valence-corrected chi connectivity index (χ4v) is 4.80. The molecule has 27 heavy (non-hydrogen) atoms. The number of hydrogen-bond donors (Lipinski definition) is 2. The third-order valence-electron chi connectivity index (χ3n) is 5.28. The van der Waals surface area contributed by atoms with Crippen LogP contribution in [0.2, 0.25) is 0 Å². The van der Waals surface area contributed by atoms with Gasteiger partial charge in [-0.05, 0) is 30.5 Å². The molecule has 0 radical (unpaired) electrons.